The van der Waals surface area contributed by atoms with E-state index in [0.717, 1.165) is 4.88 Å². The van der Waals surface area contributed by atoms with Crippen molar-refractivity contribution in [3.05, 3.63) is 46.3 Å². The smallest absolute Gasteiger partial charge is 0.252 e. The Balaban J connectivity index is 1.49. The first kappa shape index (κ1) is 21.1. The van der Waals surface area contributed by atoms with Crippen molar-refractivity contribution in [2.45, 2.75) is 24.0 Å². The summed E-state index contributed by atoms with van der Waals surface area (Å²) in [5, 5.41) is 3.48. The largest absolute Gasteiger partial charge is 0.492 e. The van der Waals surface area contributed by atoms with E-state index in [1.165, 1.54) is 15.6 Å². The Kier molecular flexibility index (Phi) is 6.98. The van der Waals surface area contributed by atoms with Gasteiger partial charge in [-0.25, -0.2) is 8.42 Å². The molecule has 1 saturated heterocycles. The lowest BCUT2D eigenvalue weighted by molar-refractivity contribution is -0.126. The number of benzene rings is 1. The van der Waals surface area contributed by atoms with E-state index < -0.39 is 10.0 Å². The molecule has 152 valence electrons. The molecule has 1 aromatic carbocycles. The minimum atomic E-state index is -3.54. The van der Waals surface area contributed by atoms with E-state index in [1.54, 1.807) is 36.4 Å². The van der Waals surface area contributed by atoms with Gasteiger partial charge in [0.2, 0.25) is 5.91 Å². The zero-order valence-electron chi connectivity index (χ0n) is 15.6. The van der Waals surface area contributed by atoms with E-state index in [9.17, 15) is 13.2 Å². The van der Waals surface area contributed by atoms with Crippen LogP contribution < -0.4 is 10.1 Å². The Hall–Kier alpha value is -1.61. The van der Waals surface area contributed by atoms with Crippen LogP contribution in [0.1, 0.15) is 17.7 Å². The highest BCUT2D eigenvalue weighted by molar-refractivity contribution is 7.91. The maximum Gasteiger partial charge on any atom is 0.252 e. The number of ether oxygens (including phenoxy) is 1. The van der Waals surface area contributed by atoms with Gasteiger partial charge in [-0.1, -0.05) is 11.6 Å². The molecular weight excluding hydrogens is 420 g/mol. The zero-order chi connectivity index (χ0) is 20.1. The van der Waals surface area contributed by atoms with Gasteiger partial charge in [0.05, 0.1) is 12.5 Å². The molecule has 0 saturated carbocycles. The summed E-state index contributed by atoms with van der Waals surface area (Å²) in [7, 11) is -3.54. The highest BCUT2D eigenvalue weighted by Gasteiger charge is 2.33. The summed E-state index contributed by atoms with van der Waals surface area (Å²) in [5.41, 5.74) is 0. The molecular formula is C19H23ClN2O4S2. The number of nitrogens with one attached hydrogen (secondary N) is 1. The van der Waals surface area contributed by atoms with E-state index in [4.69, 9.17) is 16.3 Å². The molecule has 3 rings (SSSR count). The fraction of sp³-hybridized carbons (Fsp3) is 0.421. The number of hydrogen-bond donors (Lipinski definition) is 1. The Bertz CT molecular complexity index is 912. The SMILES string of the molecule is Cc1ccc(S(=O)(=O)N2CCCC(C(=O)NCCOc3ccc(Cl)cc3)C2)s1. The first-order valence-corrected chi connectivity index (χ1v) is 11.7. The fourth-order valence-corrected chi connectivity index (χ4v) is 6.16. The molecule has 0 radical (unpaired) electrons. The zero-order valence-corrected chi connectivity index (χ0v) is 17.9. The van der Waals surface area contributed by atoms with Crippen molar-refractivity contribution in [3.63, 3.8) is 0 Å². The van der Waals surface area contributed by atoms with E-state index in [0.29, 0.717) is 47.5 Å². The van der Waals surface area contributed by atoms with Gasteiger partial charge in [-0.2, -0.15) is 4.31 Å². The van der Waals surface area contributed by atoms with Crippen molar-refractivity contribution >= 4 is 38.9 Å². The van der Waals surface area contributed by atoms with Crippen molar-refractivity contribution in [2.24, 2.45) is 5.92 Å². The molecule has 0 spiro atoms. The average Bonchev–Trinajstić information content (AvgIpc) is 3.14. The third kappa shape index (κ3) is 5.26. The average molecular weight is 443 g/mol. The standard InChI is InChI=1S/C19H23ClN2O4S2/c1-14-4-9-18(27-14)28(24,25)22-11-2-3-15(13-22)19(23)21-10-12-26-17-7-5-16(20)6-8-17/h4-9,15H,2-3,10-13H2,1H3,(H,21,23). The van der Waals surface area contributed by atoms with Gasteiger partial charge in [-0.05, 0) is 56.2 Å². The van der Waals surface area contributed by atoms with Crippen LogP contribution in [0, 0.1) is 12.8 Å². The Morgan fingerprint density at radius 2 is 2.04 bits per heavy atom. The van der Waals surface area contributed by atoms with Crippen LogP contribution in [0.3, 0.4) is 0 Å². The van der Waals surface area contributed by atoms with Crippen LogP contribution in [0.4, 0.5) is 0 Å². The number of hydrogen-bond acceptors (Lipinski definition) is 5. The van der Waals surface area contributed by atoms with Gasteiger partial charge in [0.25, 0.3) is 10.0 Å². The normalized spacial score (nSPS) is 18.0. The van der Waals surface area contributed by atoms with Gasteiger partial charge in [-0.15, -0.1) is 11.3 Å². The molecule has 1 aliphatic rings. The third-order valence-corrected chi connectivity index (χ3v) is 8.13. The van der Waals surface area contributed by atoms with Crippen LogP contribution in [-0.2, 0) is 14.8 Å². The lowest BCUT2D eigenvalue weighted by atomic mass is 9.99. The first-order valence-electron chi connectivity index (χ1n) is 9.09. The summed E-state index contributed by atoms with van der Waals surface area (Å²) in [6.07, 6.45) is 1.35. The summed E-state index contributed by atoms with van der Waals surface area (Å²) >= 11 is 7.08. The van der Waals surface area contributed by atoms with Crippen LogP contribution in [-0.4, -0.2) is 44.9 Å². The second-order valence-corrected chi connectivity index (χ2v) is 10.5. The number of amides is 1. The Morgan fingerprint density at radius 1 is 1.29 bits per heavy atom. The third-order valence-electron chi connectivity index (χ3n) is 4.55. The van der Waals surface area contributed by atoms with E-state index in [2.05, 4.69) is 5.32 Å². The molecule has 1 fully saturated rings. The molecule has 9 heteroatoms. The van der Waals surface area contributed by atoms with E-state index >= 15 is 0 Å². The van der Waals surface area contributed by atoms with Crippen molar-refractivity contribution in [2.75, 3.05) is 26.2 Å². The summed E-state index contributed by atoms with van der Waals surface area (Å²) < 4.78 is 32.9. The quantitative estimate of drug-likeness (QED) is 0.667. The maximum absolute atomic E-state index is 12.8. The lowest BCUT2D eigenvalue weighted by Crippen LogP contribution is -2.45. The van der Waals surface area contributed by atoms with Crippen LogP contribution in [0.2, 0.25) is 5.02 Å². The van der Waals surface area contributed by atoms with Crippen LogP contribution in [0.5, 0.6) is 5.75 Å². The highest BCUT2D eigenvalue weighted by atomic mass is 35.5. The topological polar surface area (TPSA) is 75.7 Å². The summed E-state index contributed by atoms with van der Waals surface area (Å²) in [4.78, 5) is 13.4. The van der Waals surface area contributed by atoms with Crippen LogP contribution in [0.15, 0.2) is 40.6 Å². The maximum atomic E-state index is 12.8. The molecule has 0 aliphatic carbocycles. The number of carbonyl (C=O) groups excluding carboxylic acids is 1. The molecule has 0 bridgehead atoms. The summed E-state index contributed by atoms with van der Waals surface area (Å²) in [5.74, 6) is 0.196. The van der Waals surface area contributed by atoms with Crippen molar-refractivity contribution in [1.82, 2.24) is 9.62 Å². The van der Waals surface area contributed by atoms with Crippen molar-refractivity contribution in [3.8, 4) is 5.75 Å². The number of halogens is 1. The lowest BCUT2D eigenvalue weighted by Gasteiger charge is -2.30. The van der Waals surface area contributed by atoms with Crippen molar-refractivity contribution < 1.29 is 17.9 Å². The van der Waals surface area contributed by atoms with Gasteiger partial charge < -0.3 is 10.1 Å². The minimum absolute atomic E-state index is 0.137. The molecule has 1 aromatic heterocycles. The minimum Gasteiger partial charge on any atom is -0.492 e. The Labute approximate surface area is 174 Å². The van der Waals surface area contributed by atoms with Gasteiger partial charge >= 0.3 is 0 Å². The molecule has 1 aliphatic heterocycles. The van der Waals surface area contributed by atoms with Crippen LogP contribution >= 0.6 is 22.9 Å². The first-order chi connectivity index (χ1) is 13.4. The van der Waals surface area contributed by atoms with Gasteiger partial charge in [0.1, 0.15) is 16.6 Å². The monoisotopic (exact) mass is 442 g/mol. The molecule has 2 heterocycles. The van der Waals surface area contributed by atoms with Gasteiger partial charge in [0.15, 0.2) is 0 Å². The summed E-state index contributed by atoms with van der Waals surface area (Å²) in [6, 6.07) is 10.4. The predicted molar refractivity (Wildman–Crippen MR) is 110 cm³/mol. The second kappa shape index (κ2) is 9.26. The number of aryl methyl sites for hydroxylation is 1. The number of piperidine rings is 1. The highest BCUT2D eigenvalue weighted by Crippen LogP contribution is 2.28. The number of rotatable bonds is 7. The molecule has 1 N–H and O–H groups in total. The molecule has 28 heavy (non-hydrogen) atoms. The molecule has 1 unspecified atom stereocenters. The predicted octanol–water partition coefficient (Wildman–Crippen LogP) is 3.31. The number of carbonyl (C=O) groups is 1. The molecule has 2 aromatic rings. The molecule has 6 nitrogen and oxygen atoms in total. The molecule has 1 amide bonds. The van der Waals surface area contributed by atoms with Crippen molar-refractivity contribution in [1.29, 1.82) is 0 Å². The number of sulfonamides is 1. The summed E-state index contributed by atoms with van der Waals surface area (Å²) in [6.45, 7) is 3.22. The fourth-order valence-electron chi connectivity index (χ4n) is 3.07. The number of nitrogens with zero attached hydrogens (tertiary/aromatic N) is 1. The molecule has 1 atom stereocenters. The van der Waals surface area contributed by atoms with Crippen LogP contribution in [0.25, 0.3) is 0 Å². The number of thiophene rings is 1. The second-order valence-electron chi connectivity index (χ2n) is 6.66. The van der Waals surface area contributed by atoms with E-state index in [-0.39, 0.29) is 18.4 Å². The van der Waals surface area contributed by atoms with Gasteiger partial charge in [-0.3, -0.25) is 4.79 Å². The Morgan fingerprint density at radius 3 is 2.71 bits per heavy atom. The van der Waals surface area contributed by atoms with E-state index in [1.807, 2.05) is 6.92 Å². The van der Waals surface area contributed by atoms with Gasteiger partial charge in [0, 0.05) is 23.0 Å².